The minimum Gasteiger partial charge on any atom is -0.384 e. The van der Waals surface area contributed by atoms with E-state index in [1.54, 1.807) is 24.4 Å². The number of hydrogen-bond acceptors (Lipinski definition) is 7. The van der Waals surface area contributed by atoms with Crippen LogP contribution in [0.15, 0.2) is 65.6 Å². The normalized spacial score (nSPS) is 11.8. The Kier molecular flexibility index (Phi) is 4.17. The lowest BCUT2D eigenvalue weighted by atomic mass is 10.1. The molecule has 154 valence electrons. The minimum atomic E-state index is -4.40. The van der Waals surface area contributed by atoms with Gasteiger partial charge in [-0.2, -0.15) is 23.3 Å². The molecule has 0 spiro atoms. The Labute approximate surface area is 172 Å². The maximum Gasteiger partial charge on any atom is 0.416 e. The van der Waals surface area contributed by atoms with E-state index < -0.39 is 11.7 Å². The first-order valence-corrected chi connectivity index (χ1v) is 8.96. The van der Waals surface area contributed by atoms with Gasteiger partial charge in [-0.1, -0.05) is 17.3 Å². The molecule has 1 aromatic carbocycles. The summed E-state index contributed by atoms with van der Waals surface area (Å²) in [6, 6.07) is 9.75. The molecule has 0 aliphatic rings. The molecule has 0 unspecified atom stereocenters. The molecule has 0 amide bonds. The van der Waals surface area contributed by atoms with Gasteiger partial charge in [-0.25, -0.2) is 14.5 Å². The monoisotopic (exact) mass is 423 g/mol. The number of nitrogens with two attached hydrogens (primary N) is 1. The first kappa shape index (κ1) is 18.7. The molecule has 31 heavy (non-hydrogen) atoms. The van der Waals surface area contributed by atoms with Crippen molar-refractivity contribution in [1.82, 2.24) is 29.7 Å². The topological polar surface area (TPSA) is 108 Å². The molecule has 0 saturated heterocycles. The van der Waals surface area contributed by atoms with E-state index >= 15 is 0 Å². The molecular formula is C20H12F3N7O. The first-order chi connectivity index (χ1) is 14.9. The number of pyridine rings is 1. The summed E-state index contributed by atoms with van der Waals surface area (Å²) in [5.41, 5.74) is 7.51. The van der Waals surface area contributed by atoms with Crippen LogP contribution in [0.4, 0.5) is 19.0 Å². The summed E-state index contributed by atoms with van der Waals surface area (Å²) in [5.74, 6) is 0.836. The number of nitrogens with zero attached hydrogens (tertiary/aromatic N) is 6. The maximum atomic E-state index is 12.8. The number of hydrogen-bond donors (Lipinski definition) is 1. The highest BCUT2D eigenvalue weighted by Gasteiger charge is 2.30. The van der Waals surface area contributed by atoms with Crippen LogP contribution in [0.3, 0.4) is 0 Å². The summed E-state index contributed by atoms with van der Waals surface area (Å²) in [4.78, 5) is 12.8. The van der Waals surface area contributed by atoms with Gasteiger partial charge >= 0.3 is 6.18 Å². The van der Waals surface area contributed by atoms with E-state index in [0.29, 0.717) is 39.7 Å². The van der Waals surface area contributed by atoms with Crippen LogP contribution in [0.1, 0.15) is 5.56 Å². The molecule has 0 atom stereocenters. The molecule has 0 aliphatic carbocycles. The number of nitrogen functional groups attached to an aromatic ring is 1. The van der Waals surface area contributed by atoms with E-state index in [-0.39, 0.29) is 5.89 Å². The largest absolute Gasteiger partial charge is 0.416 e. The van der Waals surface area contributed by atoms with Gasteiger partial charge in [0.1, 0.15) is 11.4 Å². The highest BCUT2D eigenvalue weighted by molar-refractivity contribution is 5.74. The molecule has 0 bridgehead atoms. The van der Waals surface area contributed by atoms with Gasteiger partial charge in [0.2, 0.25) is 5.82 Å². The van der Waals surface area contributed by atoms with Crippen molar-refractivity contribution in [3.8, 4) is 34.1 Å². The van der Waals surface area contributed by atoms with Crippen LogP contribution in [-0.2, 0) is 6.18 Å². The van der Waals surface area contributed by atoms with Gasteiger partial charge in [-0.15, -0.1) is 0 Å². The number of fused-ring (bicyclic) bond motifs is 1. The second-order valence-electron chi connectivity index (χ2n) is 6.61. The van der Waals surface area contributed by atoms with E-state index in [2.05, 4.69) is 25.2 Å². The second kappa shape index (κ2) is 6.90. The summed E-state index contributed by atoms with van der Waals surface area (Å²) in [5, 5.41) is 8.18. The van der Waals surface area contributed by atoms with E-state index in [1.165, 1.54) is 29.0 Å². The van der Waals surface area contributed by atoms with Crippen LogP contribution in [0.25, 0.3) is 39.7 Å². The summed E-state index contributed by atoms with van der Waals surface area (Å²) in [6.07, 6.45) is 0.314. The zero-order valence-electron chi connectivity index (χ0n) is 15.6. The summed E-state index contributed by atoms with van der Waals surface area (Å²) < 4.78 is 45.3. The third-order valence-electron chi connectivity index (χ3n) is 4.57. The van der Waals surface area contributed by atoms with Crippen molar-refractivity contribution in [2.24, 2.45) is 0 Å². The number of alkyl halides is 3. The van der Waals surface area contributed by atoms with Crippen molar-refractivity contribution >= 4 is 11.5 Å². The van der Waals surface area contributed by atoms with E-state index in [9.17, 15) is 13.2 Å². The molecular weight excluding hydrogens is 411 g/mol. The zero-order valence-corrected chi connectivity index (χ0v) is 15.6. The van der Waals surface area contributed by atoms with E-state index in [1.807, 2.05) is 0 Å². The molecule has 5 rings (SSSR count). The Morgan fingerprint density at radius 1 is 0.968 bits per heavy atom. The second-order valence-corrected chi connectivity index (χ2v) is 6.61. The number of aromatic nitrogens is 6. The van der Waals surface area contributed by atoms with Crippen molar-refractivity contribution in [2.75, 3.05) is 5.73 Å². The van der Waals surface area contributed by atoms with Gasteiger partial charge < -0.3 is 10.3 Å². The average molecular weight is 423 g/mol. The third kappa shape index (κ3) is 3.45. The van der Waals surface area contributed by atoms with Crippen LogP contribution < -0.4 is 5.73 Å². The maximum absolute atomic E-state index is 12.8. The lowest BCUT2D eigenvalue weighted by molar-refractivity contribution is -0.137. The fourth-order valence-electron chi connectivity index (χ4n) is 3.05. The quantitative estimate of drug-likeness (QED) is 0.465. The van der Waals surface area contributed by atoms with E-state index in [0.717, 1.165) is 12.1 Å². The Balaban J connectivity index is 1.53. The van der Waals surface area contributed by atoms with Gasteiger partial charge in [0.25, 0.3) is 5.89 Å². The van der Waals surface area contributed by atoms with Gasteiger partial charge in [0.05, 0.1) is 17.5 Å². The predicted octanol–water partition coefficient (Wildman–Crippen LogP) is 4.11. The Bertz CT molecular complexity index is 1390. The molecule has 4 heterocycles. The third-order valence-corrected chi connectivity index (χ3v) is 4.57. The minimum absolute atomic E-state index is 0.192. The highest BCUT2D eigenvalue weighted by atomic mass is 19.4. The van der Waals surface area contributed by atoms with Gasteiger partial charge in [0, 0.05) is 23.5 Å². The fraction of sp³-hybridized carbons (Fsp3) is 0.0500. The lowest BCUT2D eigenvalue weighted by Gasteiger charge is -2.07. The molecule has 0 radical (unpaired) electrons. The van der Waals surface area contributed by atoms with Crippen LogP contribution in [-0.4, -0.2) is 29.7 Å². The van der Waals surface area contributed by atoms with E-state index in [4.69, 9.17) is 10.3 Å². The predicted molar refractivity (Wildman–Crippen MR) is 104 cm³/mol. The SMILES string of the molecule is Nc1cc(-c2noc(-c3cnn4ccc(-c5ccc(C(F)(F)F)cc5)nc34)n2)ccn1. The van der Waals surface area contributed by atoms with Crippen LogP contribution >= 0.6 is 0 Å². The van der Waals surface area contributed by atoms with Crippen molar-refractivity contribution < 1.29 is 17.7 Å². The van der Waals surface area contributed by atoms with Crippen LogP contribution in [0.2, 0.25) is 0 Å². The van der Waals surface area contributed by atoms with Crippen molar-refractivity contribution in [2.45, 2.75) is 6.18 Å². The number of benzene rings is 1. The van der Waals surface area contributed by atoms with Crippen molar-refractivity contribution in [3.63, 3.8) is 0 Å². The summed E-state index contributed by atoms with van der Waals surface area (Å²) in [6.45, 7) is 0. The molecule has 0 saturated carbocycles. The van der Waals surface area contributed by atoms with Gasteiger partial charge in [-0.3, -0.25) is 0 Å². The fourth-order valence-corrected chi connectivity index (χ4v) is 3.05. The Hall–Kier alpha value is -4.28. The lowest BCUT2D eigenvalue weighted by Crippen LogP contribution is -2.04. The molecule has 2 N–H and O–H groups in total. The smallest absolute Gasteiger partial charge is 0.384 e. The number of halogens is 3. The molecule has 0 aliphatic heterocycles. The average Bonchev–Trinajstić information content (AvgIpc) is 3.40. The summed E-state index contributed by atoms with van der Waals surface area (Å²) in [7, 11) is 0. The van der Waals surface area contributed by atoms with Crippen molar-refractivity contribution in [1.29, 1.82) is 0 Å². The summed E-state index contributed by atoms with van der Waals surface area (Å²) >= 11 is 0. The van der Waals surface area contributed by atoms with Crippen LogP contribution in [0.5, 0.6) is 0 Å². The Morgan fingerprint density at radius 2 is 1.77 bits per heavy atom. The molecule has 4 aromatic heterocycles. The van der Waals surface area contributed by atoms with Gasteiger partial charge in [-0.05, 0) is 30.3 Å². The molecule has 5 aromatic rings. The highest BCUT2D eigenvalue weighted by Crippen LogP contribution is 2.31. The Morgan fingerprint density at radius 3 is 2.52 bits per heavy atom. The number of rotatable bonds is 3. The molecule has 11 heteroatoms. The first-order valence-electron chi connectivity index (χ1n) is 8.96. The zero-order chi connectivity index (χ0) is 21.6. The molecule has 8 nitrogen and oxygen atoms in total. The number of anilines is 1. The standard InChI is InChI=1S/C20H12F3N7O/c21-20(22,23)13-3-1-11(2-4-13)15-6-8-30-18(27-15)14(10-26-30)19-28-17(29-31-19)12-5-7-25-16(24)9-12/h1-10H,(H2,24,25). The van der Waals surface area contributed by atoms with Crippen LogP contribution in [0, 0.1) is 0 Å². The molecule has 0 fully saturated rings. The van der Waals surface area contributed by atoms with Gasteiger partial charge in [0.15, 0.2) is 5.65 Å². The van der Waals surface area contributed by atoms with Crippen molar-refractivity contribution in [3.05, 3.63) is 66.6 Å².